The predicted octanol–water partition coefficient (Wildman–Crippen LogP) is 3.52. The van der Waals surface area contributed by atoms with Crippen LogP contribution in [0.2, 0.25) is 0 Å². The highest BCUT2D eigenvalue weighted by Crippen LogP contribution is 2.34. The Hall–Kier alpha value is -3.99. The molecule has 188 valence electrons. The minimum atomic E-state index is -0.360. The van der Waals surface area contributed by atoms with E-state index in [0.717, 1.165) is 53.1 Å². The van der Waals surface area contributed by atoms with E-state index in [1.54, 1.807) is 19.2 Å². The predicted molar refractivity (Wildman–Crippen MR) is 136 cm³/mol. The summed E-state index contributed by atoms with van der Waals surface area (Å²) in [4.78, 5) is 28.6. The maximum Gasteiger partial charge on any atom is 0.255 e. The molecule has 0 saturated heterocycles. The maximum atomic E-state index is 13.6. The Morgan fingerprint density at radius 2 is 1.92 bits per heavy atom. The van der Waals surface area contributed by atoms with Crippen molar-refractivity contribution in [2.75, 3.05) is 12.9 Å². The number of benzene rings is 2. The second-order valence-electron chi connectivity index (χ2n) is 8.95. The number of nitrogens with one attached hydrogen (secondary N) is 1. The molecule has 1 amide bonds. The first kappa shape index (κ1) is 23.4. The quantitative estimate of drug-likeness (QED) is 0.392. The number of aromatic nitrogens is 4. The second-order valence-corrected chi connectivity index (χ2v) is 9.89. The standard InChI is InChI=1S/C26H23FN6O3S/c1-36-18-11-7-15(8-12-18)20-13-22(16-5-9-17(27)10-6-16)33(31-20)23(34)14-37-26-30-29-25-28-24(35)19-3-2-4-21(19)32(25)26/h5-12,22H,2-4,13-14H2,1H3,(H,28,29,35). The number of hydrogen-bond donors (Lipinski definition) is 1. The van der Waals surface area contributed by atoms with E-state index in [1.165, 1.54) is 28.9 Å². The van der Waals surface area contributed by atoms with Crippen molar-refractivity contribution in [1.29, 1.82) is 0 Å². The van der Waals surface area contributed by atoms with Gasteiger partial charge in [0.1, 0.15) is 11.6 Å². The van der Waals surface area contributed by atoms with Gasteiger partial charge in [-0.3, -0.25) is 19.0 Å². The molecule has 3 heterocycles. The first-order valence-corrected chi connectivity index (χ1v) is 12.9. The van der Waals surface area contributed by atoms with Crippen molar-refractivity contribution in [3.05, 3.63) is 87.1 Å². The van der Waals surface area contributed by atoms with Crippen LogP contribution in [-0.4, -0.2) is 49.1 Å². The van der Waals surface area contributed by atoms with E-state index in [1.807, 2.05) is 28.7 Å². The van der Waals surface area contributed by atoms with E-state index in [-0.39, 0.29) is 29.1 Å². The van der Waals surface area contributed by atoms with Gasteiger partial charge >= 0.3 is 0 Å². The van der Waals surface area contributed by atoms with E-state index in [9.17, 15) is 14.0 Å². The zero-order valence-electron chi connectivity index (χ0n) is 20.0. The van der Waals surface area contributed by atoms with Crippen molar-refractivity contribution in [3.8, 4) is 5.75 Å². The summed E-state index contributed by atoms with van der Waals surface area (Å²) in [5, 5.41) is 15.1. The van der Waals surface area contributed by atoms with E-state index in [2.05, 4.69) is 20.3 Å². The minimum Gasteiger partial charge on any atom is -0.497 e. The molecule has 0 spiro atoms. The maximum absolute atomic E-state index is 13.6. The second kappa shape index (κ2) is 9.47. The Kier molecular flexibility index (Phi) is 5.99. The summed E-state index contributed by atoms with van der Waals surface area (Å²) in [6.07, 6.45) is 2.88. The average molecular weight is 519 g/mol. The molecule has 2 aromatic heterocycles. The van der Waals surface area contributed by atoms with Crippen LogP contribution in [0.15, 0.2) is 63.6 Å². The number of hydrogen-bond acceptors (Lipinski definition) is 7. The van der Waals surface area contributed by atoms with Crippen LogP contribution < -0.4 is 10.3 Å². The largest absolute Gasteiger partial charge is 0.497 e. The summed E-state index contributed by atoms with van der Waals surface area (Å²) < 4.78 is 20.7. The van der Waals surface area contributed by atoms with Gasteiger partial charge in [-0.1, -0.05) is 23.9 Å². The first-order valence-electron chi connectivity index (χ1n) is 11.9. The van der Waals surface area contributed by atoms with E-state index in [4.69, 9.17) is 4.74 Å². The van der Waals surface area contributed by atoms with Crippen LogP contribution in [-0.2, 0) is 17.6 Å². The molecule has 2 aromatic carbocycles. The van der Waals surface area contributed by atoms with Gasteiger partial charge in [-0.2, -0.15) is 5.10 Å². The molecule has 1 N–H and O–H groups in total. The van der Waals surface area contributed by atoms with Crippen molar-refractivity contribution in [3.63, 3.8) is 0 Å². The summed E-state index contributed by atoms with van der Waals surface area (Å²) in [6.45, 7) is 0. The number of aryl methyl sites for hydroxylation is 1. The highest BCUT2D eigenvalue weighted by atomic mass is 32.2. The van der Waals surface area contributed by atoms with Gasteiger partial charge in [0.25, 0.3) is 11.5 Å². The van der Waals surface area contributed by atoms with Gasteiger partial charge in [0.2, 0.25) is 5.78 Å². The molecule has 1 atom stereocenters. The number of nitrogens with zero attached hydrogens (tertiary/aromatic N) is 5. The van der Waals surface area contributed by atoms with Gasteiger partial charge in [-0.05, 0) is 66.8 Å². The Balaban J connectivity index is 1.28. The Labute approximate surface area is 215 Å². The molecule has 9 nitrogen and oxygen atoms in total. The van der Waals surface area contributed by atoms with Crippen molar-refractivity contribution in [1.82, 2.24) is 24.6 Å². The van der Waals surface area contributed by atoms with Crippen LogP contribution >= 0.6 is 11.8 Å². The van der Waals surface area contributed by atoms with Gasteiger partial charge < -0.3 is 4.74 Å². The number of carbonyl (C=O) groups excluding carboxylic acids is 1. The molecule has 0 saturated carbocycles. The summed E-state index contributed by atoms with van der Waals surface area (Å²) >= 11 is 1.26. The molecular formula is C26H23FN6O3S. The van der Waals surface area contributed by atoms with Crippen molar-refractivity contribution in [2.45, 2.75) is 36.9 Å². The fourth-order valence-electron chi connectivity index (χ4n) is 4.92. The normalized spacial score (nSPS) is 16.8. The molecule has 37 heavy (non-hydrogen) atoms. The van der Waals surface area contributed by atoms with Crippen LogP contribution in [0.1, 0.15) is 41.3 Å². The molecule has 0 bridgehead atoms. The Morgan fingerprint density at radius 3 is 2.68 bits per heavy atom. The fraction of sp³-hybridized carbons (Fsp3) is 0.269. The number of aromatic amines is 1. The lowest BCUT2D eigenvalue weighted by Crippen LogP contribution is -2.28. The third-order valence-corrected chi connectivity index (χ3v) is 7.67. The van der Waals surface area contributed by atoms with Crippen LogP contribution in [0, 0.1) is 5.82 Å². The minimum absolute atomic E-state index is 0.0752. The first-order chi connectivity index (χ1) is 18.0. The van der Waals surface area contributed by atoms with Crippen molar-refractivity contribution >= 4 is 29.2 Å². The summed E-state index contributed by atoms with van der Waals surface area (Å²) in [6, 6.07) is 13.3. The lowest BCUT2D eigenvalue weighted by atomic mass is 9.98. The average Bonchev–Trinajstić information content (AvgIpc) is 3.66. The van der Waals surface area contributed by atoms with Gasteiger partial charge in [0.05, 0.1) is 24.6 Å². The zero-order valence-corrected chi connectivity index (χ0v) is 20.8. The molecular weight excluding hydrogens is 495 g/mol. The van der Waals surface area contributed by atoms with Gasteiger partial charge in [-0.25, -0.2) is 9.40 Å². The number of carbonyl (C=O) groups is 1. The topological polar surface area (TPSA) is 105 Å². The van der Waals surface area contributed by atoms with Crippen LogP contribution in [0.5, 0.6) is 5.75 Å². The number of methoxy groups -OCH3 is 1. The molecule has 1 aliphatic carbocycles. The highest BCUT2D eigenvalue weighted by molar-refractivity contribution is 7.99. The zero-order chi connectivity index (χ0) is 25.5. The van der Waals surface area contributed by atoms with Crippen molar-refractivity contribution in [2.24, 2.45) is 5.10 Å². The van der Waals surface area contributed by atoms with E-state index >= 15 is 0 Å². The molecule has 2 aliphatic rings. The van der Waals surface area contributed by atoms with Crippen LogP contribution in [0.25, 0.3) is 5.78 Å². The number of amides is 1. The molecule has 11 heteroatoms. The highest BCUT2D eigenvalue weighted by Gasteiger charge is 2.33. The number of hydrazone groups is 1. The van der Waals surface area contributed by atoms with Crippen LogP contribution in [0.3, 0.4) is 0 Å². The molecule has 1 unspecified atom stereocenters. The fourth-order valence-corrected chi connectivity index (χ4v) is 5.73. The lowest BCUT2D eigenvalue weighted by Gasteiger charge is -2.22. The molecule has 0 fully saturated rings. The van der Waals surface area contributed by atoms with Crippen LogP contribution in [0.4, 0.5) is 4.39 Å². The summed E-state index contributed by atoms with van der Waals surface area (Å²) in [5.74, 6) is 0.642. The Bertz CT molecular complexity index is 1580. The summed E-state index contributed by atoms with van der Waals surface area (Å²) in [5.41, 5.74) is 3.99. The monoisotopic (exact) mass is 518 g/mol. The van der Waals surface area contributed by atoms with E-state index in [0.29, 0.717) is 17.4 Å². The number of ether oxygens (including phenoxy) is 1. The third kappa shape index (κ3) is 4.29. The molecule has 6 rings (SSSR count). The van der Waals surface area contributed by atoms with Gasteiger partial charge in [0, 0.05) is 17.7 Å². The molecule has 0 radical (unpaired) electrons. The number of H-pyrrole nitrogens is 1. The number of halogens is 1. The third-order valence-electron chi connectivity index (χ3n) is 6.76. The van der Waals surface area contributed by atoms with E-state index < -0.39 is 0 Å². The van der Waals surface area contributed by atoms with Crippen molar-refractivity contribution < 1.29 is 13.9 Å². The number of thioether (sulfide) groups is 1. The summed E-state index contributed by atoms with van der Waals surface area (Å²) in [7, 11) is 1.61. The van der Waals surface area contributed by atoms with Gasteiger partial charge in [0.15, 0.2) is 5.16 Å². The number of rotatable bonds is 6. The number of fused-ring (bicyclic) bond motifs is 3. The SMILES string of the molecule is COc1ccc(C2=NN(C(=O)CSc3nnc4[nH]c(=O)c5c(n34)CCC5)C(c3ccc(F)cc3)C2)cc1. The van der Waals surface area contributed by atoms with Gasteiger partial charge in [-0.15, -0.1) is 10.2 Å². The molecule has 1 aliphatic heterocycles. The molecule has 4 aromatic rings. The smallest absolute Gasteiger partial charge is 0.255 e. The Morgan fingerprint density at radius 1 is 1.14 bits per heavy atom. The lowest BCUT2D eigenvalue weighted by molar-refractivity contribution is -0.130.